The average molecular weight is 268 g/mol. The number of hydrogen-bond acceptors (Lipinski definition) is 0. The summed E-state index contributed by atoms with van der Waals surface area (Å²) in [5.41, 5.74) is 0. The van der Waals surface area contributed by atoms with Gasteiger partial charge in [0.05, 0.1) is 24.6 Å². The van der Waals surface area contributed by atoms with Crippen LogP contribution in [0.15, 0.2) is 0 Å². The number of unbranched alkanes of at least 4 members (excludes halogenated alkanes) is 3. The summed E-state index contributed by atoms with van der Waals surface area (Å²) in [4.78, 5) is 0. The predicted octanol–water partition coefficient (Wildman–Crippen LogP) is 5.85. The van der Waals surface area contributed by atoms with Crippen LogP contribution in [0, 0.1) is 0 Å². The molecule has 0 heterocycles. The molecule has 0 aliphatic rings. The highest BCUT2D eigenvalue weighted by atomic mass is 35.5. The fourth-order valence-electron chi connectivity index (χ4n) is 2.29. The second-order valence-electron chi connectivity index (χ2n) is 4.89. The van der Waals surface area contributed by atoms with Crippen molar-refractivity contribution in [1.82, 2.24) is 0 Å². The van der Waals surface area contributed by atoms with Gasteiger partial charge in [0.25, 0.3) is 0 Å². The van der Waals surface area contributed by atoms with Crippen LogP contribution in [0.2, 0.25) is 0 Å². The molecule has 0 amide bonds. The maximum Gasteiger partial charge on any atom is 0.0594 e. The Morgan fingerprint density at radius 3 is 1.12 bits per heavy atom. The van der Waals surface area contributed by atoms with E-state index in [0.29, 0.717) is 0 Å². The molecule has 0 aliphatic carbocycles. The smallest absolute Gasteiger partial charge is 0.0594 e. The molecule has 0 aromatic heterocycles. The molecule has 100 valence electrons. The molecule has 0 saturated heterocycles. The molecule has 0 unspecified atom stereocenters. The third kappa shape index (κ3) is 7.91. The van der Waals surface area contributed by atoms with Crippen LogP contribution in [0.1, 0.15) is 66.2 Å². The molecule has 0 radical (unpaired) electrons. The first-order valence-electron chi connectivity index (χ1n) is 7.09. The van der Waals surface area contributed by atoms with Gasteiger partial charge in [-0.1, -0.05) is 40.0 Å². The topological polar surface area (TPSA) is 0 Å². The SMILES string of the molecule is CCCC[P+](CC)(CCCC)CCCC.Cl. The lowest BCUT2D eigenvalue weighted by Gasteiger charge is -2.26. The van der Waals surface area contributed by atoms with Crippen LogP contribution in [0.4, 0.5) is 0 Å². The maximum absolute atomic E-state index is 2.45. The molecule has 16 heavy (non-hydrogen) atoms. The number of rotatable bonds is 10. The lowest BCUT2D eigenvalue weighted by Crippen LogP contribution is -2.11. The van der Waals surface area contributed by atoms with Gasteiger partial charge in [-0.15, -0.1) is 12.4 Å². The Kier molecular flexibility index (Phi) is 14.5. The molecule has 0 aromatic rings. The van der Waals surface area contributed by atoms with Crippen molar-refractivity contribution < 1.29 is 0 Å². The fraction of sp³-hybridized carbons (Fsp3) is 1.00. The molecule has 0 atom stereocenters. The lowest BCUT2D eigenvalue weighted by atomic mass is 10.4. The molecule has 0 N–H and O–H groups in total. The first kappa shape index (κ1) is 19.1. The van der Waals surface area contributed by atoms with Crippen molar-refractivity contribution in [3.05, 3.63) is 0 Å². The Bertz CT molecular complexity index is 115. The zero-order chi connectivity index (χ0) is 11.6. The first-order valence-corrected chi connectivity index (χ1v) is 9.62. The molecule has 0 aromatic carbocycles. The van der Waals surface area contributed by atoms with E-state index in [0.717, 1.165) is 0 Å². The van der Waals surface area contributed by atoms with Crippen molar-refractivity contribution in [1.29, 1.82) is 0 Å². The minimum absolute atomic E-state index is 0. The highest BCUT2D eigenvalue weighted by molar-refractivity contribution is 7.75. The van der Waals surface area contributed by atoms with Crippen LogP contribution in [0.25, 0.3) is 0 Å². The molecular weight excluding hydrogens is 235 g/mol. The van der Waals surface area contributed by atoms with Crippen LogP contribution < -0.4 is 0 Å². The summed E-state index contributed by atoms with van der Waals surface area (Å²) in [6.07, 6.45) is 14.9. The summed E-state index contributed by atoms with van der Waals surface area (Å²) >= 11 is 0. The molecule has 0 bridgehead atoms. The normalized spacial score (nSPS) is 11.2. The van der Waals surface area contributed by atoms with E-state index in [4.69, 9.17) is 0 Å². The van der Waals surface area contributed by atoms with Gasteiger partial charge in [0.2, 0.25) is 0 Å². The van der Waals surface area contributed by atoms with E-state index in [9.17, 15) is 0 Å². The Balaban J connectivity index is 0. The van der Waals surface area contributed by atoms with Gasteiger partial charge in [-0.3, -0.25) is 0 Å². The van der Waals surface area contributed by atoms with Gasteiger partial charge in [-0.05, 0) is 26.2 Å². The van der Waals surface area contributed by atoms with Crippen LogP contribution in [-0.4, -0.2) is 24.6 Å². The molecular formula is C14H33ClP+. The summed E-state index contributed by atoms with van der Waals surface area (Å²) in [7, 11) is -0.527. The second-order valence-corrected chi connectivity index (χ2v) is 9.55. The monoisotopic (exact) mass is 267 g/mol. The third-order valence-corrected chi connectivity index (χ3v) is 8.77. The van der Waals surface area contributed by atoms with Crippen LogP contribution >= 0.6 is 19.7 Å². The summed E-state index contributed by atoms with van der Waals surface area (Å²) < 4.78 is 0. The van der Waals surface area contributed by atoms with Crippen molar-refractivity contribution >= 4 is 19.7 Å². The van der Waals surface area contributed by atoms with E-state index in [1.165, 1.54) is 44.7 Å². The molecule has 0 fully saturated rings. The van der Waals surface area contributed by atoms with Gasteiger partial charge in [0.15, 0.2) is 0 Å². The maximum atomic E-state index is 2.45. The van der Waals surface area contributed by atoms with Crippen LogP contribution in [0.3, 0.4) is 0 Å². The van der Waals surface area contributed by atoms with Crippen LogP contribution in [-0.2, 0) is 0 Å². The Hall–Kier alpha value is 0.720. The number of hydrogen-bond donors (Lipinski definition) is 0. The molecule has 2 heteroatoms. The van der Waals surface area contributed by atoms with E-state index in [1.807, 2.05) is 0 Å². The zero-order valence-electron chi connectivity index (χ0n) is 11.9. The average Bonchev–Trinajstić information content (AvgIpc) is 2.29. The summed E-state index contributed by atoms with van der Waals surface area (Å²) in [6.45, 7) is 9.46. The lowest BCUT2D eigenvalue weighted by molar-refractivity contribution is 0.834. The molecule has 0 aliphatic heterocycles. The molecule has 0 rings (SSSR count). The predicted molar refractivity (Wildman–Crippen MR) is 84.0 cm³/mol. The van der Waals surface area contributed by atoms with Crippen molar-refractivity contribution in [3.63, 3.8) is 0 Å². The molecule has 0 nitrogen and oxygen atoms in total. The zero-order valence-corrected chi connectivity index (χ0v) is 13.6. The first-order chi connectivity index (χ1) is 7.24. The number of halogens is 1. The van der Waals surface area contributed by atoms with Gasteiger partial charge in [-0.25, -0.2) is 0 Å². The fourth-order valence-corrected chi connectivity index (χ4v) is 6.87. The van der Waals surface area contributed by atoms with E-state index in [2.05, 4.69) is 27.7 Å². The van der Waals surface area contributed by atoms with E-state index in [-0.39, 0.29) is 12.4 Å². The minimum atomic E-state index is -0.527. The summed E-state index contributed by atoms with van der Waals surface area (Å²) in [5, 5.41) is 0. The van der Waals surface area contributed by atoms with Gasteiger partial charge < -0.3 is 0 Å². The van der Waals surface area contributed by atoms with Crippen molar-refractivity contribution in [2.24, 2.45) is 0 Å². The summed E-state index contributed by atoms with van der Waals surface area (Å²) in [6, 6.07) is 0. The quantitative estimate of drug-likeness (QED) is 0.436. The largest absolute Gasteiger partial charge is 0.147 e. The van der Waals surface area contributed by atoms with Gasteiger partial charge >= 0.3 is 0 Å². The Morgan fingerprint density at radius 1 is 0.625 bits per heavy atom. The van der Waals surface area contributed by atoms with Gasteiger partial charge in [0, 0.05) is 7.26 Å². The van der Waals surface area contributed by atoms with Crippen molar-refractivity contribution in [2.75, 3.05) is 24.6 Å². The van der Waals surface area contributed by atoms with E-state index < -0.39 is 7.26 Å². The Morgan fingerprint density at radius 2 is 0.938 bits per heavy atom. The van der Waals surface area contributed by atoms with Crippen LogP contribution in [0.5, 0.6) is 0 Å². The van der Waals surface area contributed by atoms with E-state index in [1.54, 1.807) is 18.5 Å². The Labute approximate surface area is 111 Å². The molecule has 0 spiro atoms. The standard InChI is InChI=1S/C14H32P.ClH/c1-5-9-12-15(8-4,13-10-6-2)14-11-7-3;/h5-14H2,1-4H3;1H/q+1;. The summed E-state index contributed by atoms with van der Waals surface area (Å²) in [5.74, 6) is 0. The van der Waals surface area contributed by atoms with Gasteiger partial charge in [0.1, 0.15) is 0 Å². The van der Waals surface area contributed by atoms with Crippen molar-refractivity contribution in [2.45, 2.75) is 66.2 Å². The highest BCUT2D eigenvalue weighted by Gasteiger charge is 2.32. The second kappa shape index (κ2) is 12.2. The third-order valence-electron chi connectivity index (χ3n) is 3.63. The van der Waals surface area contributed by atoms with E-state index >= 15 is 0 Å². The minimum Gasteiger partial charge on any atom is -0.147 e. The highest BCUT2D eigenvalue weighted by Crippen LogP contribution is 2.60. The van der Waals surface area contributed by atoms with Crippen molar-refractivity contribution in [3.8, 4) is 0 Å². The molecule has 0 saturated carbocycles. The van der Waals surface area contributed by atoms with Gasteiger partial charge in [-0.2, -0.15) is 0 Å².